The average Bonchev–Trinajstić information content (AvgIpc) is 2.66. The number of aromatic hydroxyl groups is 1. The highest BCUT2D eigenvalue weighted by molar-refractivity contribution is 6.01. The maximum absolute atomic E-state index is 12.1. The number of rotatable bonds is 6. The van der Waals surface area contributed by atoms with Crippen molar-refractivity contribution in [2.24, 2.45) is 0 Å². The van der Waals surface area contributed by atoms with Gasteiger partial charge in [-0.25, -0.2) is 9.78 Å². The molecule has 0 aliphatic rings. The van der Waals surface area contributed by atoms with Gasteiger partial charge in [0.05, 0.1) is 6.54 Å². The summed E-state index contributed by atoms with van der Waals surface area (Å²) in [5.74, 6) is -1.41. The number of fused-ring (bicyclic) bond motifs is 1. The third-order valence-corrected chi connectivity index (χ3v) is 3.77. The Morgan fingerprint density at radius 2 is 1.85 bits per heavy atom. The quantitative estimate of drug-likeness (QED) is 0.523. The van der Waals surface area contributed by atoms with E-state index >= 15 is 0 Å². The zero-order valence-corrected chi connectivity index (χ0v) is 14.0. The van der Waals surface area contributed by atoms with Gasteiger partial charge in [-0.15, -0.1) is 0 Å². The summed E-state index contributed by atoms with van der Waals surface area (Å²) in [4.78, 5) is 26.6. The van der Waals surface area contributed by atoms with Gasteiger partial charge in [0, 0.05) is 17.0 Å². The third kappa shape index (κ3) is 4.13. The van der Waals surface area contributed by atoms with Crippen LogP contribution in [0.4, 0.5) is 0 Å². The molecule has 0 spiro atoms. The van der Waals surface area contributed by atoms with Crippen molar-refractivity contribution in [3.63, 3.8) is 0 Å². The minimum absolute atomic E-state index is 0.267. The van der Waals surface area contributed by atoms with Gasteiger partial charge in [0.2, 0.25) is 0 Å². The number of amides is 1. The fourth-order valence-electron chi connectivity index (χ4n) is 2.40. The van der Waals surface area contributed by atoms with Crippen LogP contribution in [0.1, 0.15) is 10.5 Å². The van der Waals surface area contributed by atoms with Gasteiger partial charge in [-0.3, -0.25) is 4.79 Å². The van der Waals surface area contributed by atoms with E-state index in [1.54, 1.807) is 30.3 Å². The van der Waals surface area contributed by atoms with Crippen LogP contribution >= 0.6 is 0 Å². The number of carbonyl (C=O) groups excluding carboxylic acids is 1. The van der Waals surface area contributed by atoms with Gasteiger partial charge in [0.25, 0.3) is 5.91 Å². The lowest BCUT2D eigenvalue weighted by atomic mass is 10.1. The molecule has 138 valence electrons. The smallest absolute Gasteiger partial charge is 0.334 e. The number of carbonyl (C=O) groups is 2. The first-order valence-corrected chi connectivity index (χ1v) is 7.99. The van der Waals surface area contributed by atoms with Crippen molar-refractivity contribution in [2.45, 2.75) is 6.10 Å². The third-order valence-electron chi connectivity index (χ3n) is 3.77. The van der Waals surface area contributed by atoms with E-state index < -0.39 is 24.5 Å². The van der Waals surface area contributed by atoms with Crippen LogP contribution in [0.3, 0.4) is 0 Å². The van der Waals surface area contributed by atoms with Crippen LogP contribution in [0.15, 0.2) is 54.7 Å². The molecule has 0 aliphatic heterocycles. The van der Waals surface area contributed by atoms with Crippen molar-refractivity contribution in [1.29, 1.82) is 0 Å². The Morgan fingerprint density at radius 1 is 1.11 bits per heavy atom. The summed E-state index contributed by atoms with van der Waals surface area (Å²) in [7, 11) is 0. The summed E-state index contributed by atoms with van der Waals surface area (Å²) in [5.41, 5.74) is -0.267. The monoisotopic (exact) mass is 368 g/mol. The SMILES string of the molecule is O=C(NCC(O)C(=O)O)c1ncc2cc(Oc3ccccc3)ccc2c1O. The summed E-state index contributed by atoms with van der Waals surface area (Å²) >= 11 is 0. The Bertz CT molecular complexity index is 990. The fraction of sp³-hybridized carbons (Fsp3) is 0.105. The molecule has 0 fully saturated rings. The minimum Gasteiger partial charge on any atom is -0.505 e. The number of ether oxygens (including phenoxy) is 1. The number of aromatic nitrogens is 1. The molecule has 0 saturated carbocycles. The number of aliphatic hydroxyl groups is 1. The fourth-order valence-corrected chi connectivity index (χ4v) is 2.40. The van der Waals surface area contributed by atoms with Crippen LogP contribution in [0.25, 0.3) is 10.8 Å². The normalized spacial score (nSPS) is 11.7. The average molecular weight is 368 g/mol. The van der Waals surface area contributed by atoms with Crippen LogP contribution in [-0.2, 0) is 4.79 Å². The summed E-state index contributed by atoms with van der Waals surface area (Å²) < 4.78 is 5.72. The molecule has 8 nitrogen and oxygen atoms in total. The molecule has 3 aromatic rings. The zero-order valence-electron chi connectivity index (χ0n) is 14.0. The number of carboxylic acids is 1. The molecule has 1 heterocycles. The molecule has 3 rings (SSSR count). The molecule has 4 N–H and O–H groups in total. The molecule has 1 amide bonds. The first kappa shape index (κ1) is 18.2. The van der Waals surface area contributed by atoms with Crippen molar-refractivity contribution < 1.29 is 29.6 Å². The van der Waals surface area contributed by atoms with Crippen LogP contribution < -0.4 is 10.1 Å². The van der Waals surface area contributed by atoms with E-state index in [9.17, 15) is 19.8 Å². The molecule has 27 heavy (non-hydrogen) atoms. The number of hydrogen-bond donors (Lipinski definition) is 4. The lowest BCUT2D eigenvalue weighted by Crippen LogP contribution is -2.36. The number of pyridine rings is 1. The number of aliphatic hydroxyl groups excluding tert-OH is 1. The van der Waals surface area contributed by atoms with Gasteiger partial charge in [-0.1, -0.05) is 18.2 Å². The number of nitrogens with one attached hydrogen (secondary N) is 1. The van der Waals surface area contributed by atoms with E-state index in [-0.39, 0.29) is 11.4 Å². The molecule has 2 aromatic carbocycles. The molecule has 8 heteroatoms. The van der Waals surface area contributed by atoms with Crippen molar-refractivity contribution in [3.8, 4) is 17.2 Å². The van der Waals surface area contributed by atoms with Gasteiger partial charge in [-0.05, 0) is 30.3 Å². The minimum atomic E-state index is -1.74. The van der Waals surface area contributed by atoms with E-state index in [1.165, 1.54) is 6.20 Å². The highest BCUT2D eigenvalue weighted by atomic mass is 16.5. The zero-order chi connectivity index (χ0) is 19.4. The van der Waals surface area contributed by atoms with E-state index in [0.29, 0.717) is 22.3 Å². The summed E-state index contributed by atoms with van der Waals surface area (Å²) in [6.45, 7) is -0.503. The lowest BCUT2D eigenvalue weighted by Gasteiger charge is -2.11. The Hall–Kier alpha value is -3.65. The molecule has 1 aromatic heterocycles. The highest BCUT2D eigenvalue weighted by Crippen LogP contribution is 2.31. The van der Waals surface area contributed by atoms with Crippen LogP contribution in [-0.4, -0.2) is 44.8 Å². The lowest BCUT2D eigenvalue weighted by molar-refractivity contribution is -0.146. The molecule has 1 unspecified atom stereocenters. The number of nitrogens with zero attached hydrogens (tertiary/aromatic N) is 1. The van der Waals surface area contributed by atoms with E-state index in [0.717, 1.165) is 0 Å². The predicted molar refractivity (Wildman–Crippen MR) is 95.9 cm³/mol. The second-order valence-corrected chi connectivity index (χ2v) is 5.68. The Labute approximate surface area is 153 Å². The van der Waals surface area contributed by atoms with Gasteiger partial charge in [0.1, 0.15) is 11.5 Å². The standard InChI is InChI=1S/C19H16N2O6/c22-15(19(25)26)10-21-18(24)16-17(23)14-7-6-13(8-11(14)9-20-16)27-12-4-2-1-3-5-12/h1-9,15,22-23H,10H2,(H,21,24)(H,25,26). The number of aliphatic carboxylic acids is 1. The summed E-state index contributed by atoms with van der Waals surface area (Å²) in [6, 6.07) is 14.1. The van der Waals surface area contributed by atoms with Gasteiger partial charge >= 0.3 is 5.97 Å². The summed E-state index contributed by atoms with van der Waals surface area (Å²) in [6.07, 6.45) is -0.343. The van der Waals surface area contributed by atoms with Crippen molar-refractivity contribution in [2.75, 3.05) is 6.54 Å². The maximum Gasteiger partial charge on any atom is 0.334 e. The predicted octanol–water partition coefficient (Wildman–Crippen LogP) is 1.91. The molecular formula is C19H16N2O6. The van der Waals surface area contributed by atoms with Crippen molar-refractivity contribution in [3.05, 3.63) is 60.4 Å². The molecule has 0 aliphatic carbocycles. The number of hydrogen-bond acceptors (Lipinski definition) is 6. The highest BCUT2D eigenvalue weighted by Gasteiger charge is 2.19. The Morgan fingerprint density at radius 3 is 2.56 bits per heavy atom. The Balaban J connectivity index is 1.81. The van der Waals surface area contributed by atoms with Gasteiger partial charge in [-0.2, -0.15) is 0 Å². The molecule has 0 radical (unpaired) electrons. The van der Waals surface area contributed by atoms with Crippen molar-refractivity contribution >= 4 is 22.6 Å². The second kappa shape index (κ2) is 7.71. The number of carboxylic acid groups (broad SMARTS) is 1. The Kier molecular flexibility index (Phi) is 5.18. The second-order valence-electron chi connectivity index (χ2n) is 5.68. The first-order valence-electron chi connectivity index (χ1n) is 7.99. The van der Waals surface area contributed by atoms with Crippen molar-refractivity contribution in [1.82, 2.24) is 10.3 Å². The molecule has 0 bridgehead atoms. The topological polar surface area (TPSA) is 129 Å². The van der Waals surface area contributed by atoms with Crippen LogP contribution in [0.5, 0.6) is 17.2 Å². The number of benzene rings is 2. The molecular weight excluding hydrogens is 352 g/mol. The van der Waals surface area contributed by atoms with Gasteiger partial charge < -0.3 is 25.4 Å². The largest absolute Gasteiger partial charge is 0.505 e. The first-order chi connectivity index (χ1) is 13.0. The van der Waals surface area contributed by atoms with E-state index in [4.69, 9.17) is 9.84 Å². The summed E-state index contributed by atoms with van der Waals surface area (Å²) in [5, 5.41) is 31.3. The molecule has 1 atom stereocenters. The van der Waals surface area contributed by atoms with Crippen LogP contribution in [0.2, 0.25) is 0 Å². The van der Waals surface area contributed by atoms with Gasteiger partial charge in [0.15, 0.2) is 17.5 Å². The molecule has 0 saturated heterocycles. The van der Waals surface area contributed by atoms with E-state index in [1.807, 2.05) is 18.2 Å². The maximum atomic E-state index is 12.1. The number of para-hydroxylation sites is 1. The van der Waals surface area contributed by atoms with E-state index in [2.05, 4.69) is 10.3 Å². The van der Waals surface area contributed by atoms with Crippen LogP contribution in [0, 0.1) is 0 Å².